The molecule has 0 aromatic carbocycles. The number of hydrogen-bond acceptors (Lipinski definition) is 2. The lowest BCUT2D eigenvalue weighted by molar-refractivity contribution is -0.926. The van der Waals surface area contributed by atoms with Crippen LogP contribution in [0.15, 0.2) is 12.2 Å². The third-order valence-electron chi connectivity index (χ3n) is 4.36. The predicted octanol–water partition coefficient (Wildman–Crippen LogP) is 2.90. The van der Waals surface area contributed by atoms with Crippen LogP contribution in [0.5, 0.6) is 0 Å². The molecule has 0 aromatic heterocycles. The quantitative estimate of drug-likeness (QED) is 0.428. The van der Waals surface area contributed by atoms with E-state index in [1.54, 1.807) is 6.92 Å². The monoisotopic (exact) mass is 254 g/mol. The van der Waals surface area contributed by atoms with Crippen LogP contribution in [0.2, 0.25) is 0 Å². The van der Waals surface area contributed by atoms with E-state index < -0.39 is 0 Å². The van der Waals surface area contributed by atoms with Gasteiger partial charge in [-0.25, -0.2) is 4.79 Å². The summed E-state index contributed by atoms with van der Waals surface area (Å²) in [5.41, 5.74) is 0.756. The summed E-state index contributed by atoms with van der Waals surface area (Å²) in [6.45, 7) is 5.82. The van der Waals surface area contributed by atoms with Gasteiger partial charge in [-0.15, -0.1) is 0 Å². The summed E-state index contributed by atoms with van der Waals surface area (Å²) in [5.74, 6) is -0.262. The molecule has 0 bridgehead atoms. The second-order valence-electron chi connectivity index (χ2n) is 6.46. The number of esters is 1. The zero-order valence-electron chi connectivity index (χ0n) is 12.4. The molecule has 0 amide bonds. The first-order valence-corrected chi connectivity index (χ1v) is 6.93. The molecule has 1 saturated carbocycles. The molecule has 18 heavy (non-hydrogen) atoms. The van der Waals surface area contributed by atoms with Crippen molar-refractivity contribution < 1.29 is 14.0 Å². The van der Waals surface area contributed by atoms with E-state index in [2.05, 4.69) is 27.7 Å². The van der Waals surface area contributed by atoms with Crippen LogP contribution in [-0.2, 0) is 9.53 Å². The van der Waals surface area contributed by atoms with Crippen molar-refractivity contribution in [1.29, 1.82) is 0 Å². The minimum absolute atomic E-state index is 0.262. The van der Waals surface area contributed by atoms with Gasteiger partial charge in [0.05, 0.1) is 27.7 Å². The van der Waals surface area contributed by atoms with Crippen molar-refractivity contribution in [3.63, 3.8) is 0 Å². The Morgan fingerprint density at radius 2 is 1.78 bits per heavy atom. The van der Waals surface area contributed by atoms with E-state index in [1.165, 1.54) is 32.1 Å². The van der Waals surface area contributed by atoms with Gasteiger partial charge in [0.25, 0.3) is 0 Å². The van der Waals surface area contributed by atoms with E-state index in [-0.39, 0.29) is 11.5 Å². The maximum Gasteiger partial charge on any atom is 0.333 e. The third-order valence-corrected chi connectivity index (χ3v) is 4.36. The smallest absolute Gasteiger partial charge is 0.333 e. The highest BCUT2D eigenvalue weighted by atomic mass is 16.5. The van der Waals surface area contributed by atoms with Gasteiger partial charge >= 0.3 is 5.97 Å². The highest BCUT2D eigenvalue weighted by molar-refractivity contribution is 5.86. The first-order chi connectivity index (χ1) is 8.28. The van der Waals surface area contributed by atoms with Gasteiger partial charge in [0.2, 0.25) is 0 Å². The van der Waals surface area contributed by atoms with Gasteiger partial charge in [0, 0.05) is 24.8 Å². The molecule has 1 aliphatic carbocycles. The van der Waals surface area contributed by atoms with Crippen LogP contribution in [0.25, 0.3) is 0 Å². The van der Waals surface area contributed by atoms with Gasteiger partial charge in [-0.1, -0.05) is 13.0 Å². The average Bonchev–Trinajstić information content (AvgIpc) is 2.28. The Balaban J connectivity index is 2.58. The van der Waals surface area contributed by atoms with Gasteiger partial charge in [0.15, 0.2) is 0 Å². The van der Waals surface area contributed by atoms with Crippen molar-refractivity contribution >= 4 is 5.97 Å². The van der Waals surface area contributed by atoms with Crippen molar-refractivity contribution in [3.8, 4) is 0 Å². The summed E-state index contributed by atoms with van der Waals surface area (Å²) in [7, 11) is 6.77. The Bertz CT molecular complexity index is 309. The molecule has 1 fully saturated rings. The van der Waals surface area contributed by atoms with Gasteiger partial charge < -0.3 is 9.22 Å². The maximum atomic E-state index is 11.4. The van der Waals surface area contributed by atoms with E-state index in [9.17, 15) is 4.79 Å². The lowest BCUT2D eigenvalue weighted by Gasteiger charge is -2.48. The van der Waals surface area contributed by atoms with Gasteiger partial charge in [0.1, 0.15) is 5.54 Å². The standard InChI is InChI=1S/C15H28NO2/c1-13(2)14(17)18-12-11-15(16(3,4)5)9-7-6-8-10-15/h1,6-12H2,2-5H3/q+1. The van der Waals surface area contributed by atoms with Crippen molar-refractivity contribution in [2.24, 2.45) is 0 Å². The molecule has 0 heterocycles. The van der Waals surface area contributed by atoms with Crippen molar-refractivity contribution in [1.82, 2.24) is 0 Å². The minimum atomic E-state index is -0.262. The van der Waals surface area contributed by atoms with Crippen LogP contribution in [0.3, 0.4) is 0 Å². The second kappa shape index (κ2) is 5.87. The fourth-order valence-electron chi connectivity index (χ4n) is 2.92. The Kier molecular flexibility index (Phi) is 4.97. The summed E-state index contributed by atoms with van der Waals surface area (Å²) >= 11 is 0. The predicted molar refractivity (Wildman–Crippen MR) is 74.2 cm³/mol. The molecule has 0 atom stereocenters. The van der Waals surface area contributed by atoms with Gasteiger partial charge in [-0.2, -0.15) is 0 Å². The molecule has 0 aliphatic heterocycles. The zero-order valence-corrected chi connectivity index (χ0v) is 12.4. The zero-order chi connectivity index (χ0) is 13.8. The molecule has 3 heteroatoms. The molecule has 0 N–H and O–H groups in total. The topological polar surface area (TPSA) is 26.3 Å². The van der Waals surface area contributed by atoms with Crippen molar-refractivity contribution in [3.05, 3.63) is 12.2 Å². The first-order valence-electron chi connectivity index (χ1n) is 6.93. The molecule has 0 spiro atoms. The first kappa shape index (κ1) is 15.2. The minimum Gasteiger partial charge on any atom is -0.462 e. The van der Waals surface area contributed by atoms with Crippen molar-refractivity contribution in [2.75, 3.05) is 27.7 Å². The number of quaternary nitrogens is 1. The Morgan fingerprint density at radius 1 is 1.22 bits per heavy atom. The Morgan fingerprint density at radius 3 is 2.22 bits per heavy atom. The van der Waals surface area contributed by atoms with Crippen LogP contribution in [0.4, 0.5) is 0 Å². The SMILES string of the molecule is C=C(C)C(=O)OCCC1([N+](C)(C)C)CCCCC1. The molecule has 0 aromatic rings. The molecule has 1 rings (SSSR count). The van der Waals surface area contributed by atoms with Crippen LogP contribution in [0, 0.1) is 0 Å². The number of rotatable bonds is 5. The summed E-state index contributed by atoms with van der Waals surface area (Å²) in [6.07, 6.45) is 7.36. The van der Waals surface area contributed by atoms with Crippen LogP contribution < -0.4 is 0 Å². The largest absolute Gasteiger partial charge is 0.462 e. The van der Waals surface area contributed by atoms with Crippen LogP contribution in [0.1, 0.15) is 45.4 Å². The molecular formula is C15H28NO2+. The van der Waals surface area contributed by atoms with E-state index >= 15 is 0 Å². The van der Waals surface area contributed by atoms with Crippen molar-refractivity contribution in [2.45, 2.75) is 51.0 Å². The molecule has 0 radical (unpaired) electrons. The molecule has 3 nitrogen and oxygen atoms in total. The lowest BCUT2D eigenvalue weighted by Crippen LogP contribution is -2.58. The molecule has 104 valence electrons. The lowest BCUT2D eigenvalue weighted by atomic mass is 9.77. The summed E-state index contributed by atoms with van der Waals surface area (Å²) < 4.78 is 6.23. The number of nitrogens with zero attached hydrogens (tertiary/aromatic N) is 1. The van der Waals surface area contributed by atoms with Gasteiger partial charge in [-0.3, -0.25) is 0 Å². The van der Waals surface area contributed by atoms with E-state index in [1.807, 2.05) is 0 Å². The summed E-state index contributed by atoms with van der Waals surface area (Å²) in [6, 6.07) is 0. The molecular weight excluding hydrogens is 226 g/mol. The fraction of sp³-hybridized carbons (Fsp3) is 0.800. The van der Waals surface area contributed by atoms with Crippen LogP contribution >= 0.6 is 0 Å². The molecule has 0 saturated heterocycles. The molecule has 1 aliphatic rings. The maximum absolute atomic E-state index is 11.4. The highest BCUT2D eigenvalue weighted by Gasteiger charge is 2.43. The van der Waals surface area contributed by atoms with Gasteiger partial charge in [-0.05, 0) is 19.8 Å². The van der Waals surface area contributed by atoms with E-state index in [0.717, 1.165) is 10.9 Å². The summed E-state index contributed by atoms with van der Waals surface area (Å²) in [4.78, 5) is 11.4. The fourth-order valence-corrected chi connectivity index (χ4v) is 2.92. The van der Waals surface area contributed by atoms with Crippen LogP contribution in [-0.4, -0.2) is 43.7 Å². The highest BCUT2D eigenvalue weighted by Crippen LogP contribution is 2.38. The third kappa shape index (κ3) is 3.58. The Labute approximate surface area is 111 Å². The Hall–Kier alpha value is -0.830. The molecule has 0 unspecified atom stereocenters. The average molecular weight is 254 g/mol. The number of carbonyl (C=O) groups excluding carboxylic acids is 1. The number of carbonyl (C=O) groups is 1. The second-order valence-corrected chi connectivity index (χ2v) is 6.46. The normalized spacial score (nSPS) is 19.3. The summed E-state index contributed by atoms with van der Waals surface area (Å²) in [5, 5.41) is 0. The number of hydrogen-bond donors (Lipinski definition) is 0. The van der Waals surface area contributed by atoms with E-state index in [0.29, 0.717) is 12.2 Å². The number of ether oxygens (including phenoxy) is 1. The van der Waals surface area contributed by atoms with E-state index in [4.69, 9.17) is 4.74 Å².